The van der Waals surface area contributed by atoms with Gasteiger partial charge in [-0.15, -0.1) is 0 Å². The quantitative estimate of drug-likeness (QED) is 0.632. The Morgan fingerprint density at radius 1 is 1.23 bits per heavy atom. The Morgan fingerprint density at radius 2 is 1.97 bits per heavy atom. The van der Waals surface area contributed by atoms with E-state index >= 15 is 0 Å². The van der Waals surface area contributed by atoms with Crippen LogP contribution in [0.5, 0.6) is 0 Å². The summed E-state index contributed by atoms with van der Waals surface area (Å²) >= 11 is 6.68. The first-order chi connectivity index (χ1) is 14.3. The molecule has 2 N–H and O–H groups in total. The number of benzene rings is 1. The molecule has 1 aliphatic rings. The van der Waals surface area contributed by atoms with E-state index in [1.807, 2.05) is 0 Å². The minimum atomic E-state index is -0.817. The predicted octanol–water partition coefficient (Wildman–Crippen LogP) is 2.90. The van der Waals surface area contributed by atoms with Crippen LogP contribution >= 0.6 is 23.4 Å². The molecule has 3 rings (SSSR count). The number of halogens is 1. The molecule has 0 spiro atoms. The van der Waals surface area contributed by atoms with Gasteiger partial charge in [0, 0.05) is 18.1 Å². The summed E-state index contributed by atoms with van der Waals surface area (Å²) in [6, 6.07) is 9.11. The highest BCUT2D eigenvalue weighted by Crippen LogP contribution is 2.32. The number of nitrogens with one attached hydrogen (secondary N) is 2. The van der Waals surface area contributed by atoms with Crippen molar-refractivity contribution < 1.29 is 23.6 Å². The summed E-state index contributed by atoms with van der Waals surface area (Å²) < 4.78 is 4.97. The van der Waals surface area contributed by atoms with Gasteiger partial charge in [0.25, 0.3) is 17.1 Å². The Labute approximate surface area is 181 Å². The molecule has 0 aliphatic carbocycles. The van der Waals surface area contributed by atoms with Crippen LogP contribution in [0.4, 0.5) is 4.79 Å². The summed E-state index contributed by atoms with van der Waals surface area (Å²) in [5.74, 6) is -1.28. The minimum Gasteiger partial charge on any atom is -0.459 e. The molecular weight excluding hydrogens is 430 g/mol. The summed E-state index contributed by atoms with van der Waals surface area (Å²) in [7, 11) is 0. The molecular formula is C20H18ClN3O5S. The van der Waals surface area contributed by atoms with Crippen molar-refractivity contribution in [2.24, 2.45) is 0 Å². The van der Waals surface area contributed by atoms with Crippen LogP contribution in [0.15, 0.2) is 52.0 Å². The number of rotatable bonds is 7. The number of hydrogen-bond acceptors (Lipinski definition) is 6. The van der Waals surface area contributed by atoms with Gasteiger partial charge in [-0.2, -0.15) is 0 Å². The molecule has 1 fully saturated rings. The molecule has 0 bridgehead atoms. The second-order valence-corrected chi connectivity index (χ2v) is 7.78. The van der Waals surface area contributed by atoms with Gasteiger partial charge >= 0.3 is 0 Å². The van der Waals surface area contributed by atoms with Gasteiger partial charge in [0.05, 0.1) is 11.2 Å². The summed E-state index contributed by atoms with van der Waals surface area (Å²) in [6.07, 6.45) is 2.98. The maximum atomic E-state index is 12.5. The lowest BCUT2D eigenvalue weighted by Gasteiger charge is -2.16. The molecule has 10 heteroatoms. The second kappa shape index (κ2) is 9.64. The zero-order valence-electron chi connectivity index (χ0n) is 15.9. The first kappa shape index (κ1) is 21.7. The van der Waals surface area contributed by atoms with E-state index in [1.165, 1.54) is 19.3 Å². The topological polar surface area (TPSA) is 109 Å². The van der Waals surface area contributed by atoms with Crippen molar-refractivity contribution in [1.29, 1.82) is 0 Å². The number of carbonyl (C=O) groups excluding carboxylic acids is 4. The Hall–Kier alpha value is -3.04. The minimum absolute atomic E-state index is 0.0210. The molecule has 2 heterocycles. The van der Waals surface area contributed by atoms with Crippen molar-refractivity contribution in [3.8, 4) is 0 Å². The third-order valence-corrected chi connectivity index (χ3v) is 5.32. The highest BCUT2D eigenvalue weighted by Gasteiger charge is 2.34. The molecule has 30 heavy (non-hydrogen) atoms. The monoisotopic (exact) mass is 447 g/mol. The van der Waals surface area contributed by atoms with Crippen molar-refractivity contribution in [1.82, 2.24) is 15.5 Å². The van der Waals surface area contributed by atoms with Crippen LogP contribution in [0, 0.1) is 0 Å². The van der Waals surface area contributed by atoms with Crippen LogP contribution < -0.4 is 10.6 Å². The van der Waals surface area contributed by atoms with Crippen molar-refractivity contribution in [3.63, 3.8) is 0 Å². The summed E-state index contributed by atoms with van der Waals surface area (Å²) in [5.41, 5.74) is 0.749. The van der Waals surface area contributed by atoms with Crippen LogP contribution in [-0.4, -0.2) is 47.0 Å². The van der Waals surface area contributed by atoms with Crippen molar-refractivity contribution in [2.45, 2.75) is 13.0 Å². The van der Waals surface area contributed by atoms with Crippen molar-refractivity contribution in [3.05, 3.63) is 63.9 Å². The average Bonchev–Trinajstić information content (AvgIpc) is 3.34. The highest BCUT2D eigenvalue weighted by atomic mass is 35.5. The van der Waals surface area contributed by atoms with E-state index in [0.717, 1.165) is 22.2 Å². The number of hydrogen-bond donors (Lipinski definition) is 2. The molecule has 0 radical (unpaired) electrons. The molecule has 1 aromatic heterocycles. The van der Waals surface area contributed by atoms with Crippen LogP contribution in [0.1, 0.15) is 23.0 Å². The molecule has 8 nitrogen and oxygen atoms in total. The first-order valence-electron chi connectivity index (χ1n) is 8.98. The number of thioether (sulfide) groups is 1. The van der Waals surface area contributed by atoms with Gasteiger partial charge in [-0.1, -0.05) is 23.7 Å². The molecule has 1 aromatic carbocycles. The van der Waals surface area contributed by atoms with E-state index in [-0.39, 0.29) is 18.8 Å². The fourth-order valence-electron chi connectivity index (χ4n) is 2.59. The smallest absolute Gasteiger partial charge is 0.293 e. The second-order valence-electron chi connectivity index (χ2n) is 6.35. The standard InChI is InChI=1S/C20H18ClN3O5S/c1-12(23-18(26)15-3-2-10-29-15)17(25)22-8-9-24-19(27)16(30-20(24)28)11-13-4-6-14(21)7-5-13/h2-7,10-12H,8-9H2,1H3,(H,22,25)(H,23,26)/t12-/m0/s1. The van der Waals surface area contributed by atoms with Crippen LogP contribution in [0.3, 0.4) is 0 Å². The van der Waals surface area contributed by atoms with Gasteiger partial charge in [0.15, 0.2) is 5.76 Å². The average molecular weight is 448 g/mol. The summed E-state index contributed by atoms with van der Waals surface area (Å²) in [5, 5.41) is 5.27. The van der Waals surface area contributed by atoms with Gasteiger partial charge in [-0.05, 0) is 54.6 Å². The molecule has 156 valence electrons. The van der Waals surface area contributed by atoms with Crippen molar-refractivity contribution >= 4 is 52.4 Å². The predicted molar refractivity (Wildman–Crippen MR) is 113 cm³/mol. The van der Waals surface area contributed by atoms with Crippen LogP contribution in [0.2, 0.25) is 5.02 Å². The molecule has 2 aromatic rings. The van der Waals surface area contributed by atoms with Crippen LogP contribution in [0.25, 0.3) is 6.08 Å². The Balaban J connectivity index is 1.50. The van der Waals surface area contributed by atoms with Gasteiger partial charge in [-0.3, -0.25) is 24.1 Å². The van der Waals surface area contributed by atoms with E-state index in [1.54, 1.807) is 36.4 Å². The van der Waals surface area contributed by atoms with E-state index < -0.39 is 29.0 Å². The fraction of sp³-hybridized carbons (Fsp3) is 0.200. The summed E-state index contributed by atoms with van der Waals surface area (Å²) in [4.78, 5) is 50.0. The van der Waals surface area contributed by atoms with Gasteiger partial charge in [-0.25, -0.2) is 0 Å². The number of furan rings is 1. The molecule has 4 amide bonds. The number of amides is 4. The molecule has 0 saturated carbocycles. The normalized spacial score (nSPS) is 16.1. The number of nitrogens with zero attached hydrogens (tertiary/aromatic N) is 1. The lowest BCUT2D eigenvalue weighted by Crippen LogP contribution is -2.46. The molecule has 1 saturated heterocycles. The van der Waals surface area contributed by atoms with Gasteiger partial charge in [0.1, 0.15) is 6.04 Å². The van der Waals surface area contributed by atoms with Gasteiger partial charge < -0.3 is 15.1 Å². The Morgan fingerprint density at radius 3 is 2.63 bits per heavy atom. The third kappa shape index (κ3) is 5.31. The fourth-order valence-corrected chi connectivity index (χ4v) is 3.58. The zero-order valence-corrected chi connectivity index (χ0v) is 17.5. The SMILES string of the molecule is C[C@H](NC(=O)c1ccco1)C(=O)NCCN1C(=O)SC(=Cc2ccc(Cl)cc2)C1=O. The van der Waals surface area contributed by atoms with Crippen molar-refractivity contribution in [2.75, 3.05) is 13.1 Å². The molecule has 1 atom stereocenters. The maximum absolute atomic E-state index is 12.5. The first-order valence-corrected chi connectivity index (χ1v) is 10.2. The lowest BCUT2D eigenvalue weighted by molar-refractivity contribution is -0.124. The third-order valence-electron chi connectivity index (χ3n) is 4.16. The Kier molecular flexibility index (Phi) is 6.96. The van der Waals surface area contributed by atoms with E-state index in [4.69, 9.17) is 16.0 Å². The maximum Gasteiger partial charge on any atom is 0.293 e. The van der Waals surface area contributed by atoms with E-state index in [0.29, 0.717) is 9.93 Å². The van der Waals surface area contributed by atoms with Crippen LogP contribution in [-0.2, 0) is 9.59 Å². The number of imide groups is 1. The van der Waals surface area contributed by atoms with Gasteiger partial charge in [0.2, 0.25) is 5.91 Å². The molecule has 1 aliphatic heterocycles. The molecule has 0 unspecified atom stereocenters. The number of carbonyl (C=O) groups is 4. The summed E-state index contributed by atoms with van der Waals surface area (Å²) in [6.45, 7) is 1.60. The highest BCUT2D eigenvalue weighted by molar-refractivity contribution is 8.18. The van der Waals surface area contributed by atoms with E-state index in [9.17, 15) is 19.2 Å². The Bertz CT molecular complexity index is 988. The zero-order chi connectivity index (χ0) is 21.7. The lowest BCUT2D eigenvalue weighted by atomic mass is 10.2. The largest absolute Gasteiger partial charge is 0.459 e. The van der Waals surface area contributed by atoms with E-state index in [2.05, 4.69) is 10.6 Å².